The molecule has 1 heterocycles. The molecule has 0 aromatic carbocycles. The van der Waals surface area contributed by atoms with Crippen molar-refractivity contribution in [1.82, 2.24) is 10.0 Å². The molecule has 0 amide bonds. The average Bonchev–Trinajstić information content (AvgIpc) is 2.88. The smallest absolute Gasteiger partial charge is 0.274 e. The van der Waals surface area contributed by atoms with Crippen LogP contribution in [-0.2, 0) is 21.3 Å². The molecule has 1 aliphatic carbocycles. The van der Waals surface area contributed by atoms with Gasteiger partial charge in [-0.2, -0.15) is 0 Å². The molecule has 0 unspecified atom stereocenters. The van der Waals surface area contributed by atoms with Crippen LogP contribution in [0.25, 0.3) is 0 Å². The number of rotatable bonds is 8. The molecule has 0 radical (unpaired) electrons. The van der Waals surface area contributed by atoms with Crippen molar-refractivity contribution in [2.75, 3.05) is 20.3 Å². The molecule has 7 heteroatoms. The Labute approximate surface area is 113 Å². The first-order valence-corrected chi connectivity index (χ1v) is 7.76. The van der Waals surface area contributed by atoms with E-state index in [2.05, 4.69) is 10.0 Å². The second-order valence-corrected chi connectivity index (χ2v) is 6.67. The normalized spacial score (nSPS) is 17.6. The van der Waals surface area contributed by atoms with Gasteiger partial charge in [0, 0.05) is 19.2 Å². The van der Waals surface area contributed by atoms with E-state index < -0.39 is 10.0 Å². The minimum atomic E-state index is -3.54. The highest BCUT2D eigenvalue weighted by molar-refractivity contribution is 7.89. The third-order valence-electron chi connectivity index (χ3n) is 3.06. The van der Waals surface area contributed by atoms with E-state index in [1.165, 1.54) is 6.07 Å². The van der Waals surface area contributed by atoms with Crippen LogP contribution >= 0.6 is 0 Å². The van der Waals surface area contributed by atoms with Crippen LogP contribution in [0.4, 0.5) is 0 Å². The Morgan fingerprint density at radius 1 is 1.42 bits per heavy atom. The van der Waals surface area contributed by atoms with Gasteiger partial charge >= 0.3 is 0 Å². The topological polar surface area (TPSA) is 80.6 Å². The second kappa shape index (κ2) is 5.62. The molecule has 0 aliphatic heterocycles. The van der Waals surface area contributed by atoms with Crippen LogP contribution in [0.5, 0.6) is 0 Å². The summed E-state index contributed by atoms with van der Waals surface area (Å²) in [5.41, 5.74) is -0.289. The molecule has 0 spiro atoms. The molecule has 1 saturated carbocycles. The monoisotopic (exact) mass is 288 g/mol. The molecule has 19 heavy (non-hydrogen) atoms. The number of hydrogen-bond donors (Lipinski definition) is 2. The summed E-state index contributed by atoms with van der Waals surface area (Å²) in [6, 6.07) is 3.16. The van der Waals surface area contributed by atoms with Crippen molar-refractivity contribution in [3.05, 3.63) is 17.9 Å². The van der Waals surface area contributed by atoms with Gasteiger partial charge in [-0.1, -0.05) is 0 Å². The summed E-state index contributed by atoms with van der Waals surface area (Å²) in [6.07, 6.45) is 1.75. The first-order chi connectivity index (χ1) is 8.95. The minimum Gasteiger partial charge on any atom is -0.447 e. The fourth-order valence-corrected chi connectivity index (χ4v) is 3.07. The van der Waals surface area contributed by atoms with Crippen molar-refractivity contribution in [3.8, 4) is 0 Å². The van der Waals surface area contributed by atoms with Crippen LogP contribution in [0, 0.1) is 0 Å². The molecular formula is C12H20N2O4S. The first-order valence-electron chi connectivity index (χ1n) is 6.28. The summed E-state index contributed by atoms with van der Waals surface area (Å²) < 4.78 is 37.0. The summed E-state index contributed by atoms with van der Waals surface area (Å²) in [6.45, 7) is 3.66. The third-order valence-corrected chi connectivity index (χ3v) is 4.58. The summed E-state index contributed by atoms with van der Waals surface area (Å²) in [4.78, 5) is 0. The lowest BCUT2D eigenvalue weighted by atomic mass is 10.4. The summed E-state index contributed by atoms with van der Waals surface area (Å²) in [7, 11) is -1.91. The van der Waals surface area contributed by atoms with Gasteiger partial charge in [-0.05, 0) is 31.9 Å². The number of methoxy groups -OCH3 is 1. The molecule has 2 rings (SSSR count). The lowest BCUT2D eigenvalue weighted by molar-refractivity contribution is 0.198. The van der Waals surface area contributed by atoms with Crippen molar-refractivity contribution >= 4 is 10.0 Å². The van der Waals surface area contributed by atoms with E-state index in [0.29, 0.717) is 25.5 Å². The zero-order chi connectivity index (χ0) is 13.9. The quantitative estimate of drug-likeness (QED) is 0.693. The number of furan rings is 1. The van der Waals surface area contributed by atoms with Crippen LogP contribution in [0.2, 0.25) is 0 Å². The van der Waals surface area contributed by atoms with Crippen LogP contribution < -0.4 is 10.0 Å². The van der Waals surface area contributed by atoms with E-state index >= 15 is 0 Å². The van der Waals surface area contributed by atoms with Crippen LogP contribution in [-0.4, -0.2) is 34.2 Å². The van der Waals surface area contributed by atoms with Gasteiger partial charge in [0.2, 0.25) is 5.09 Å². The van der Waals surface area contributed by atoms with Gasteiger partial charge in [-0.25, -0.2) is 13.1 Å². The van der Waals surface area contributed by atoms with Crippen molar-refractivity contribution in [2.45, 2.75) is 36.9 Å². The van der Waals surface area contributed by atoms with Gasteiger partial charge < -0.3 is 14.5 Å². The molecule has 0 atom stereocenters. The molecule has 1 aromatic rings. The Hall–Kier alpha value is -0.890. The minimum absolute atomic E-state index is 0.0239. The van der Waals surface area contributed by atoms with Crippen molar-refractivity contribution < 1.29 is 17.6 Å². The zero-order valence-electron chi connectivity index (χ0n) is 11.2. The zero-order valence-corrected chi connectivity index (χ0v) is 12.0. The maximum atomic E-state index is 12.0. The Morgan fingerprint density at radius 3 is 2.79 bits per heavy atom. The van der Waals surface area contributed by atoms with Gasteiger partial charge in [0.05, 0.1) is 13.2 Å². The van der Waals surface area contributed by atoms with Gasteiger partial charge in [0.25, 0.3) is 10.0 Å². The molecule has 1 aromatic heterocycles. The van der Waals surface area contributed by atoms with Gasteiger partial charge in [-0.3, -0.25) is 0 Å². The summed E-state index contributed by atoms with van der Waals surface area (Å²) >= 11 is 0. The number of ether oxygens (including phenoxy) is 1. The van der Waals surface area contributed by atoms with Crippen LogP contribution in [0.1, 0.15) is 25.5 Å². The molecule has 1 fully saturated rings. The summed E-state index contributed by atoms with van der Waals surface area (Å²) in [5, 5.41) is 3.07. The lowest BCUT2D eigenvalue weighted by Gasteiger charge is -2.09. The fraction of sp³-hybridized carbons (Fsp3) is 0.667. The number of nitrogens with one attached hydrogen (secondary N) is 2. The van der Waals surface area contributed by atoms with Gasteiger partial charge in [0.15, 0.2) is 0 Å². The lowest BCUT2D eigenvalue weighted by Crippen LogP contribution is -2.33. The van der Waals surface area contributed by atoms with Gasteiger partial charge in [0.1, 0.15) is 5.76 Å². The molecule has 2 N–H and O–H groups in total. The van der Waals surface area contributed by atoms with Gasteiger partial charge in [-0.15, -0.1) is 0 Å². The molecule has 0 bridgehead atoms. The van der Waals surface area contributed by atoms with Crippen LogP contribution in [0.15, 0.2) is 21.6 Å². The predicted octanol–water partition coefficient (Wildman–Crippen LogP) is 0.846. The number of hydrogen-bond acceptors (Lipinski definition) is 5. The van der Waals surface area contributed by atoms with E-state index in [9.17, 15) is 8.42 Å². The molecule has 6 nitrogen and oxygen atoms in total. The standard InChI is InChI=1S/C12H20N2O4S/c1-12(5-6-12)14-19(15,16)11-4-3-10(18-11)9-13-7-8-17-2/h3-4,13-14H,5-9H2,1-2H3. The Kier molecular flexibility index (Phi) is 4.29. The highest BCUT2D eigenvalue weighted by atomic mass is 32.2. The van der Waals surface area contributed by atoms with E-state index in [1.54, 1.807) is 13.2 Å². The van der Waals surface area contributed by atoms with E-state index in [1.807, 2.05) is 6.92 Å². The Morgan fingerprint density at radius 2 is 2.16 bits per heavy atom. The number of sulfonamides is 1. The van der Waals surface area contributed by atoms with E-state index in [-0.39, 0.29) is 10.6 Å². The molecular weight excluding hydrogens is 268 g/mol. The average molecular weight is 288 g/mol. The third kappa shape index (κ3) is 4.04. The molecule has 0 saturated heterocycles. The van der Waals surface area contributed by atoms with Crippen molar-refractivity contribution in [3.63, 3.8) is 0 Å². The second-order valence-electron chi connectivity index (χ2n) is 5.06. The molecule has 1 aliphatic rings. The maximum absolute atomic E-state index is 12.0. The Balaban J connectivity index is 1.92. The molecule has 108 valence electrons. The fourth-order valence-electron chi connectivity index (χ4n) is 1.65. The highest BCUT2D eigenvalue weighted by Crippen LogP contribution is 2.36. The Bertz CT molecular complexity index is 520. The highest BCUT2D eigenvalue weighted by Gasteiger charge is 2.42. The maximum Gasteiger partial charge on any atom is 0.274 e. The van der Waals surface area contributed by atoms with Crippen molar-refractivity contribution in [2.24, 2.45) is 0 Å². The largest absolute Gasteiger partial charge is 0.447 e. The van der Waals surface area contributed by atoms with E-state index in [0.717, 1.165) is 12.8 Å². The SMILES string of the molecule is COCCNCc1ccc(S(=O)(=O)NC2(C)CC2)o1. The first kappa shape index (κ1) is 14.5. The van der Waals surface area contributed by atoms with Crippen LogP contribution in [0.3, 0.4) is 0 Å². The van der Waals surface area contributed by atoms with Crippen molar-refractivity contribution in [1.29, 1.82) is 0 Å². The van der Waals surface area contributed by atoms with E-state index in [4.69, 9.17) is 9.15 Å². The summed E-state index contributed by atoms with van der Waals surface area (Å²) in [5.74, 6) is 0.595. The predicted molar refractivity (Wildman–Crippen MR) is 70.3 cm³/mol.